The Balaban J connectivity index is 2.09. The lowest BCUT2D eigenvalue weighted by Crippen LogP contribution is -2.02. The molecule has 114 valence electrons. The number of benzene rings is 2. The average Bonchev–Trinajstić information content (AvgIpc) is 2.95. The summed E-state index contributed by atoms with van der Waals surface area (Å²) >= 11 is 0. The monoisotopic (exact) mass is 301 g/mol. The third-order valence-electron chi connectivity index (χ3n) is 4.26. The molecular formula is C20H19N3. The summed E-state index contributed by atoms with van der Waals surface area (Å²) in [5.74, 6) is 1.06. The lowest BCUT2D eigenvalue weighted by atomic mass is 10.1. The van der Waals surface area contributed by atoms with Crippen LogP contribution in [0.15, 0.2) is 60.8 Å². The van der Waals surface area contributed by atoms with Crippen molar-refractivity contribution in [2.75, 3.05) is 11.9 Å². The Morgan fingerprint density at radius 1 is 1.00 bits per heavy atom. The number of hydrogen-bond donors (Lipinski definition) is 1. The number of rotatable bonds is 3. The highest BCUT2D eigenvalue weighted by atomic mass is 15.1. The van der Waals surface area contributed by atoms with Gasteiger partial charge in [0.1, 0.15) is 17.2 Å². The second-order valence-electron chi connectivity index (χ2n) is 5.75. The van der Waals surface area contributed by atoms with Crippen LogP contribution in [0.2, 0.25) is 0 Å². The van der Waals surface area contributed by atoms with Gasteiger partial charge in [-0.25, -0.2) is 4.98 Å². The third-order valence-corrected chi connectivity index (χ3v) is 4.26. The first-order chi connectivity index (χ1) is 11.3. The van der Waals surface area contributed by atoms with Crippen LogP contribution in [0.4, 0.5) is 5.82 Å². The standard InChI is InChI=1S/C20H19N3/c1-3-21-20-18(16-10-6-4-8-14(16)2)22-19-17-11-7-5-9-15(17)12-13-23(19)20/h4-13,21H,3H2,1-2H3. The van der Waals surface area contributed by atoms with Crippen molar-refractivity contribution < 1.29 is 0 Å². The van der Waals surface area contributed by atoms with Gasteiger partial charge < -0.3 is 5.32 Å². The van der Waals surface area contributed by atoms with Gasteiger partial charge >= 0.3 is 0 Å². The molecule has 0 aliphatic rings. The maximum Gasteiger partial charge on any atom is 0.147 e. The molecule has 1 N–H and O–H groups in total. The van der Waals surface area contributed by atoms with E-state index >= 15 is 0 Å². The Morgan fingerprint density at radius 2 is 1.78 bits per heavy atom. The second kappa shape index (κ2) is 5.43. The zero-order valence-corrected chi connectivity index (χ0v) is 13.4. The molecule has 0 radical (unpaired) electrons. The molecule has 4 rings (SSSR count). The van der Waals surface area contributed by atoms with E-state index in [1.165, 1.54) is 21.9 Å². The van der Waals surface area contributed by atoms with Gasteiger partial charge in [-0.2, -0.15) is 0 Å². The summed E-state index contributed by atoms with van der Waals surface area (Å²) in [6.07, 6.45) is 2.10. The van der Waals surface area contributed by atoms with Crippen LogP contribution in [-0.2, 0) is 0 Å². The first-order valence-corrected chi connectivity index (χ1v) is 7.99. The zero-order chi connectivity index (χ0) is 15.8. The summed E-state index contributed by atoms with van der Waals surface area (Å²) in [4.78, 5) is 4.99. The minimum Gasteiger partial charge on any atom is -0.370 e. The third kappa shape index (κ3) is 2.16. The van der Waals surface area contributed by atoms with Gasteiger partial charge in [0, 0.05) is 23.7 Å². The summed E-state index contributed by atoms with van der Waals surface area (Å²) < 4.78 is 2.16. The van der Waals surface area contributed by atoms with Crippen molar-refractivity contribution in [1.29, 1.82) is 0 Å². The van der Waals surface area contributed by atoms with E-state index in [1.54, 1.807) is 0 Å². The molecule has 2 aromatic heterocycles. The smallest absolute Gasteiger partial charge is 0.147 e. The van der Waals surface area contributed by atoms with Gasteiger partial charge in [-0.05, 0) is 30.9 Å². The van der Waals surface area contributed by atoms with E-state index in [0.717, 1.165) is 23.7 Å². The molecule has 0 bridgehead atoms. The molecule has 2 aromatic carbocycles. The van der Waals surface area contributed by atoms with E-state index in [1.807, 2.05) is 0 Å². The van der Waals surface area contributed by atoms with Crippen molar-refractivity contribution >= 4 is 22.2 Å². The van der Waals surface area contributed by atoms with Crippen molar-refractivity contribution in [2.24, 2.45) is 0 Å². The maximum atomic E-state index is 4.99. The van der Waals surface area contributed by atoms with Gasteiger partial charge in [-0.3, -0.25) is 4.40 Å². The molecule has 2 heterocycles. The molecule has 0 amide bonds. The lowest BCUT2D eigenvalue weighted by molar-refractivity contribution is 1.12. The van der Waals surface area contributed by atoms with E-state index in [0.29, 0.717) is 0 Å². The summed E-state index contributed by atoms with van der Waals surface area (Å²) in [5.41, 5.74) is 4.43. The highest BCUT2D eigenvalue weighted by Crippen LogP contribution is 2.33. The summed E-state index contributed by atoms with van der Waals surface area (Å²) in [7, 11) is 0. The van der Waals surface area contributed by atoms with Gasteiger partial charge in [0.2, 0.25) is 0 Å². The second-order valence-corrected chi connectivity index (χ2v) is 5.75. The fourth-order valence-electron chi connectivity index (χ4n) is 3.13. The van der Waals surface area contributed by atoms with Crippen molar-refractivity contribution in [2.45, 2.75) is 13.8 Å². The Morgan fingerprint density at radius 3 is 2.61 bits per heavy atom. The number of nitrogens with one attached hydrogen (secondary N) is 1. The molecule has 0 saturated carbocycles. The predicted molar refractivity (Wildman–Crippen MR) is 97.0 cm³/mol. The first kappa shape index (κ1) is 13.8. The molecule has 0 aliphatic carbocycles. The SMILES string of the molecule is CCNc1c(-c2ccccc2C)nc2c3ccccc3ccn12. The molecular weight excluding hydrogens is 282 g/mol. The van der Waals surface area contributed by atoms with E-state index in [2.05, 4.69) is 84.4 Å². The lowest BCUT2D eigenvalue weighted by Gasteiger charge is -2.08. The minimum atomic E-state index is 0.861. The molecule has 3 nitrogen and oxygen atoms in total. The predicted octanol–water partition coefficient (Wildman–Crippen LogP) is 4.89. The van der Waals surface area contributed by atoms with Crippen molar-refractivity contribution in [3.63, 3.8) is 0 Å². The number of nitrogens with zero attached hydrogens (tertiary/aromatic N) is 2. The highest BCUT2D eigenvalue weighted by Gasteiger charge is 2.16. The molecule has 0 unspecified atom stereocenters. The van der Waals surface area contributed by atoms with Crippen LogP contribution in [-0.4, -0.2) is 15.9 Å². The first-order valence-electron chi connectivity index (χ1n) is 7.99. The summed E-state index contributed by atoms with van der Waals surface area (Å²) in [6, 6.07) is 18.9. The number of hydrogen-bond acceptors (Lipinski definition) is 2. The Kier molecular flexibility index (Phi) is 3.27. The van der Waals surface area contributed by atoms with Crippen LogP contribution >= 0.6 is 0 Å². The molecule has 0 spiro atoms. The average molecular weight is 301 g/mol. The molecule has 0 atom stereocenters. The van der Waals surface area contributed by atoms with Gasteiger partial charge in [0.25, 0.3) is 0 Å². The van der Waals surface area contributed by atoms with Crippen LogP contribution in [0.1, 0.15) is 12.5 Å². The molecule has 0 fully saturated rings. The molecule has 0 aliphatic heterocycles. The van der Waals surface area contributed by atoms with Gasteiger partial charge in [0.15, 0.2) is 0 Å². The van der Waals surface area contributed by atoms with Gasteiger partial charge in [-0.15, -0.1) is 0 Å². The van der Waals surface area contributed by atoms with Crippen molar-refractivity contribution in [1.82, 2.24) is 9.38 Å². The minimum absolute atomic E-state index is 0.861. The number of anilines is 1. The Hall–Kier alpha value is -2.81. The van der Waals surface area contributed by atoms with Crippen LogP contribution in [0, 0.1) is 6.92 Å². The largest absolute Gasteiger partial charge is 0.370 e. The van der Waals surface area contributed by atoms with Crippen LogP contribution in [0.5, 0.6) is 0 Å². The topological polar surface area (TPSA) is 29.3 Å². The maximum absolute atomic E-state index is 4.99. The summed E-state index contributed by atoms with van der Waals surface area (Å²) in [5, 5.41) is 5.88. The molecule has 4 aromatic rings. The molecule has 0 saturated heterocycles. The van der Waals surface area contributed by atoms with Crippen LogP contribution in [0.25, 0.3) is 27.7 Å². The Bertz CT molecular complexity index is 998. The van der Waals surface area contributed by atoms with E-state index in [4.69, 9.17) is 4.98 Å². The number of aromatic nitrogens is 2. The van der Waals surface area contributed by atoms with Gasteiger partial charge in [-0.1, -0.05) is 48.5 Å². The van der Waals surface area contributed by atoms with Gasteiger partial charge in [0.05, 0.1) is 0 Å². The van der Waals surface area contributed by atoms with Crippen LogP contribution < -0.4 is 5.32 Å². The number of pyridine rings is 1. The van der Waals surface area contributed by atoms with Crippen LogP contribution in [0.3, 0.4) is 0 Å². The zero-order valence-electron chi connectivity index (χ0n) is 13.4. The van der Waals surface area contributed by atoms with E-state index < -0.39 is 0 Å². The van der Waals surface area contributed by atoms with Crippen molar-refractivity contribution in [3.8, 4) is 11.3 Å². The number of aryl methyl sites for hydroxylation is 1. The normalized spacial score (nSPS) is 11.2. The number of fused-ring (bicyclic) bond motifs is 3. The molecule has 23 heavy (non-hydrogen) atoms. The van der Waals surface area contributed by atoms with Crippen molar-refractivity contribution in [3.05, 3.63) is 66.4 Å². The molecule has 3 heteroatoms. The fourth-order valence-corrected chi connectivity index (χ4v) is 3.13. The Labute approximate surface area is 135 Å². The fraction of sp³-hybridized carbons (Fsp3) is 0.150. The van der Waals surface area contributed by atoms with E-state index in [9.17, 15) is 0 Å². The van der Waals surface area contributed by atoms with E-state index in [-0.39, 0.29) is 0 Å². The quantitative estimate of drug-likeness (QED) is 0.583. The summed E-state index contributed by atoms with van der Waals surface area (Å²) in [6.45, 7) is 5.11. The highest BCUT2D eigenvalue weighted by molar-refractivity contribution is 5.96. The number of imidazole rings is 1.